The van der Waals surface area contributed by atoms with Crippen LogP contribution < -0.4 is 15.4 Å². The maximum absolute atomic E-state index is 13.1. The van der Waals surface area contributed by atoms with Gasteiger partial charge in [0.1, 0.15) is 6.54 Å². The molecule has 2 heterocycles. The number of benzene rings is 2. The van der Waals surface area contributed by atoms with Gasteiger partial charge >= 0.3 is 0 Å². The molecule has 0 spiro atoms. The van der Waals surface area contributed by atoms with Crippen molar-refractivity contribution in [1.82, 2.24) is 4.90 Å². The highest BCUT2D eigenvalue weighted by atomic mass is 16.5. The highest BCUT2D eigenvalue weighted by molar-refractivity contribution is 6.12. The van der Waals surface area contributed by atoms with E-state index < -0.39 is 0 Å². The molecule has 0 saturated carbocycles. The van der Waals surface area contributed by atoms with Crippen molar-refractivity contribution in [3.63, 3.8) is 0 Å². The Morgan fingerprint density at radius 2 is 1.86 bits per heavy atom. The molecule has 4 rings (SSSR count). The second-order valence-electron chi connectivity index (χ2n) is 7.23. The van der Waals surface area contributed by atoms with Crippen molar-refractivity contribution < 1.29 is 14.3 Å². The molecule has 2 aliphatic heterocycles. The molecule has 1 saturated heterocycles. The van der Waals surface area contributed by atoms with Gasteiger partial charge in [-0.25, -0.2) is 0 Å². The molecule has 6 nitrogen and oxygen atoms in total. The number of hydrogen-bond acceptors (Lipinski definition) is 4. The summed E-state index contributed by atoms with van der Waals surface area (Å²) in [7, 11) is 0. The Balaban J connectivity index is 1.68. The van der Waals surface area contributed by atoms with Crippen LogP contribution in [-0.4, -0.2) is 36.3 Å². The van der Waals surface area contributed by atoms with Crippen LogP contribution in [-0.2, 0) is 9.59 Å². The summed E-state index contributed by atoms with van der Waals surface area (Å²) in [5.74, 6) is 0.277. The molecule has 6 heteroatoms. The molecule has 2 aromatic rings. The van der Waals surface area contributed by atoms with Gasteiger partial charge in [-0.1, -0.05) is 29.8 Å². The highest BCUT2D eigenvalue weighted by Crippen LogP contribution is 2.37. The largest absolute Gasteiger partial charge is 0.449 e. The third-order valence-corrected chi connectivity index (χ3v) is 5.08. The molecular formula is C22H23N3O3. The van der Waals surface area contributed by atoms with Crippen LogP contribution in [0.1, 0.15) is 24.0 Å². The Morgan fingerprint density at radius 3 is 2.57 bits per heavy atom. The zero-order valence-corrected chi connectivity index (χ0v) is 15.9. The SMILES string of the molecule is Cc1ccc(/C=C2/Oc3cc(N)ccc3N(CC(=O)N3CCCC3)C2=O)cc1. The Hall–Kier alpha value is -3.28. The lowest BCUT2D eigenvalue weighted by molar-refractivity contribution is -0.130. The van der Waals surface area contributed by atoms with Gasteiger partial charge in [0.15, 0.2) is 11.5 Å². The second-order valence-corrected chi connectivity index (χ2v) is 7.23. The molecule has 1 fully saturated rings. The molecule has 28 heavy (non-hydrogen) atoms. The van der Waals surface area contributed by atoms with Gasteiger partial charge in [-0.2, -0.15) is 0 Å². The minimum Gasteiger partial charge on any atom is -0.449 e. The van der Waals surface area contributed by atoms with Gasteiger partial charge in [-0.3, -0.25) is 14.5 Å². The minimum atomic E-state index is -0.328. The fraction of sp³-hybridized carbons (Fsp3) is 0.273. The number of amides is 2. The second kappa shape index (κ2) is 7.38. The number of likely N-dealkylation sites (tertiary alicyclic amines) is 1. The summed E-state index contributed by atoms with van der Waals surface area (Å²) in [5, 5.41) is 0. The molecule has 2 aliphatic rings. The number of carbonyl (C=O) groups excluding carboxylic acids is 2. The lowest BCUT2D eigenvalue weighted by Gasteiger charge is -2.31. The average Bonchev–Trinajstić information content (AvgIpc) is 3.21. The molecule has 144 valence electrons. The number of nitrogens with zero attached hydrogens (tertiary/aromatic N) is 2. The summed E-state index contributed by atoms with van der Waals surface area (Å²) in [6, 6.07) is 12.9. The summed E-state index contributed by atoms with van der Waals surface area (Å²) in [6.45, 7) is 3.49. The van der Waals surface area contributed by atoms with Gasteiger partial charge in [0.2, 0.25) is 5.91 Å². The molecule has 0 radical (unpaired) electrons. The van der Waals surface area contributed by atoms with E-state index in [0.29, 0.717) is 17.1 Å². The molecule has 0 atom stereocenters. The van der Waals surface area contributed by atoms with Crippen molar-refractivity contribution in [3.05, 3.63) is 59.4 Å². The summed E-state index contributed by atoms with van der Waals surface area (Å²) in [4.78, 5) is 29.1. The Bertz CT molecular complexity index is 944. The van der Waals surface area contributed by atoms with E-state index in [9.17, 15) is 9.59 Å². The van der Waals surface area contributed by atoms with Crippen LogP contribution in [0.5, 0.6) is 5.75 Å². The Labute approximate surface area is 164 Å². The van der Waals surface area contributed by atoms with Crippen LogP contribution in [0.3, 0.4) is 0 Å². The molecule has 0 unspecified atom stereocenters. The number of ether oxygens (including phenoxy) is 1. The van der Waals surface area contributed by atoms with Gasteiger partial charge in [0.25, 0.3) is 5.91 Å². The van der Waals surface area contributed by atoms with Crippen molar-refractivity contribution >= 4 is 29.3 Å². The third kappa shape index (κ3) is 3.58. The number of fused-ring (bicyclic) bond motifs is 1. The van der Waals surface area contributed by atoms with Crippen LogP contribution in [0.15, 0.2) is 48.2 Å². The first kappa shape index (κ1) is 18.1. The predicted octanol–water partition coefficient (Wildman–Crippen LogP) is 2.97. The van der Waals surface area contributed by atoms with Crippen LogP contribution in [0.25, 0.3) is 6.08 Å². The quantitative estimate of drug-likeness (QED) is 0.659. The van der Waals surface area contributed by atoms with Gasteiger partial charge in [-0.15, -0.1) is 0 Å². The van der Waals surface area contributed by atoms with Crippen molar-refractivity contribution in [2.45, 2.75) is 19.8 Å². The first-order valence-corrected chi connectivity index (χ1v) is 9.46. The van der Waals surface area contributed by atoms with Crippen molar-refractivity contribution in [3.8, 4) is 5.75 Å². The fourth-order valence-corrected chi connectivity index (χ4v) is 3.50. The van der Waals surface area contributed by atoms with E-state index in [2.05, 4.69) is 0 Å². The summed E-state index contributed by atoms with van der Waals surface area (Å²) in [6.07, 6.45) is 3.71. The smallest absolute Gasteiger partial charge is 0.294 e. The molecule has 2 aromatic carbocycles. The van der Waals surface area contributed by atoms with Crippen LogP contribution in [0, 0.1) is 6.92 Å². The van der Waals surface area contributed by atoms with Crippen LogP contribution in [0.2, 0.25) is 0 Å². The first-order valence-electron chi connectivity index (χ1n) is 9.46. The maximum atomic E-state index is 13.1. The topological polar surface area (TPSA) is 75.9 Å². The van der Waals surface area contributed by atoms with Crippen molar-refractivity contribution in [2.24, 2.45) is 0 Å². The predicted molar refractivity (Wildman–Crippen MR) is 109 cm³/mol. The molecular weight excluding hydrogens is 354 g/mol. The maximum Gasteiger partial charge on any atom is 0.294 e. The molecule has 2 amide bonds. The Morgan fingerprint density at radius 1 is 1.14 bits per heavy atom. The molecule has 0 aliphatic carbocycles. The van der Waals surface area contributed by atoms with Gasteiger partial charge in [0.05, 0.1) is 5.69 Å². The number of nitrogens with two attached hydrogens (primary N) is 1. The molecule has 0 aromatic heterocycles. The van der Waals surface area contributed by atoms with E-state index in [4.69, 9.17) is 10.5 Å². The zero-order valence-electron chi connectivity index (χ0n) is 15.9. The average molecular weight is 377 g/mol. The van der Waals surface area contributed by atoms with Gasteiger partial charge in [-0.05, 0) is 43.5 Å². The van der Waals surface area contributed by atoms with E-state index >= 15 is 0 Å². The van der Waals surface area contributed by atoms with Crippen molar-refractivity contribution in [1.29, 1.82) is 0 Å². The van der Waals surface area contributed by atoms with Crippen molar-refractivity contribution in [2.75, 3.05) is 30.3 Å². The van der Waals surface area contributed by atoms with Crippen LogP contribution in [0.4, 0.5) is 11.4 Å². The summed E-state index contributed by atoms with van der Waals surface area (Å²) >= 11 is 0. The fourth-order valence-electron chi connectivity index (χ4n) is 3.50. The first-order chi connectivity index (χ1) is 13.5. The zero-order chi connectivity index (χ0) is 19.7. The summed E-state index contributed by atoms with van der Waals surface area (Å²) in [5.41, 5.74) is 8.99. The number of hydrogen-bond donors (Lipinski definition) is 1. The molecule has 0 bridgehead atoms. The highest BCUT2D eigenvalue weighted by Gasteiger charge is 2.33. The summed E-state index contributed by atoms with van der Waals surface area (Å²) < 4.78 is 5.86. The third-order valence-electron chi connectivity index (χ3n) is 5.08. The number of rotatable bonds is 3. The van der Waals surface area contributed by atoms with E-state index in [-0.39, 0.29) is 24.1 Å². The van der Waals surface area contributed by atoms with Gasteiger partial charge in [0, 0.05) is 24.8 Å². The standard InChI is InChI=1S/C22H23N3O3/c1-15-4-6-16(7-5-15)12-20-22(27)25(14-21(26)24-10-2-3-11-24)18-9-8-17(23)13-19(18)28-20/h4-9,12-13H,2-3,10-11,14,23H2,1H3/b20-12+. The van der Waals surface area contributed by atoms with Gasteiger partial charge < -0.3 is 15.4 Å². The minimum absolute atomic E-state index is 0.00957. The monoisotopic (exact) mass is 377 g/mol. The Kier molecular flexibility index (Phi) is 4.77. The lowest BCUT2D eigenvalue weighted by Crippen LogP contribution is -2.45. The normalized spacial score (nSPS) is 17.6. The van der Waals surface area contributed by atoms with E-state index in [0.717, 1.165) is 37.1 Å². The molecule has 2 N–H and O–H groups in total. The number of carbonyl (C=O) groups is 2. The number of aryl methyl sites for hydroxylation is 1. The van der Waals surface area contributed by atoms with Crippen LogP contribution >= 0.6 is 0 Å². The number of nitrogen functional groups attached to an aromatic ring is 1. The van der Waals surface area contributed by atoms with E-state index in [1.807, 2.05) is 36.1 Å². The van der Waals surface area contributed by atoms with E-state index in [1.165, 1.54) is 4.90 Å². The lowest BCUT2D eigenvalue weighted by atomic mass is 10.1. The number of anilines is 2. The van der Waals surface area contributed by atoms with E-state index in [1.54, 1.807) is 24.3 Å².